The number of unbranched alkanes of at least 4 members (excludes halogenated alkanes) is 13. The van der Waals surface area contributed by atoms with Crippen LogP contribution < -0.4 is 0 Å². The van der Waals surface area contributed by atoms with Crippen LogP contribution in [0.5, 0.6) is 0 Å². The molecule has 0 spiro atoms. The van der Waals surface area contributed by atoms with E-state index in [1.165, 1.54) is 96.4 Å². The monoisotopic (exact) mass is 332 g/mol. The van der Waals surface area contributed by atoms with Gasteiger partial charge in [0.05, 0.1) is 33.1 Å². The van der Waals surface area contributed by atoms with Crippen LogP contribution in [0, 0.1) is 0 Å². The van der Waals surface area contributed by atoms with E-state index in [0.717, 1.165) is 16.9 Å². The molecular formula is C20H43ClN+. The summed E-state index contributed by atoms with van der Waals surface area (Å²) >= 11 is 5.84. The predicted octanol–water partition coefficient (Wildman–Crippen LogP) is 6.78. The lowest BCUT2D eigenvalue weighted by molar-refractivity contribution is -0.888. The van der Waals surface area contributed by atoms with E-state index >= 15 is 0 Å². The Kier molecular flexibility index (Phi) is 16.3. The Morgan fingerprint density at radius 3 is 1.27 bits per heavy atom. The molecule has 0 amide bonds. The van der Waals surface area contributed by atoms with Gasteiger partial charge in [-0.05, 0) is 12.8 Å². The van der Waals surface area contributed by atoms with E-state index < -0.39 is 0 Å². The quantitative estimate of drug-likeness (QED) is 0.156. The maximum atomic E-state index is 5.84. The number of alkyl halides is 1. The minimum Gasteiger partial charge on any atom is -0.327 e. The zero-order valence-corrected chi connectivity index (χ0v) is 16.6. The number of halogens is 1. The Morgan fingerprint density at radius 2 is 0.909 bits per heavy atom. The summed E-state index contributed by atoms with van der Waals surface area (Å²) in [4.78, 5) is 0. The van der Waals surface area contributed by atoms with Crippen molar-refractivity contribution in [2.45, 2.75) is 96.8 Å². The molecule has 0 saturated carbocycles. The van der Waals surface area contributed by atoms with Crippen molar-refractivity contribution in [1.29, 1.82) is 0 Å². The van der Waals surface area contributed by atoms with Crippen LogP contribution in [0.1, 0.15) is 96.8 Å². The fraction of sp³-hybridized carbons (Fsp3) is 1.00. The summed E-state index contributed by atoms with van der Waals surface area (Å²) in [7, 11) is 4.59. The largest absolute Gasteiger partial charge is 0.327 e. The second-order valence-electron chi connectivity index (χ2n) is 7.67. The third kappa shape index (κ3) is 16.6. The maximum absolute atomic E-state index is 5.84. The van der Waals surface area contributed by atoms with Gasteiger partial charge in [-0.15, -0.1) is 11.6 Å². The molecule has 0 radical (unpaired) electrons. The van der Waals surface area contributed by atoms with Crippen molar-refractivity contribution < 1.29 is 4.48 Å². The molecule has 134 valence electrons. The summed E-state index contributed by atoms with van der Waals surface area (Å²) < 4.78 is 1.09. The van der Waals surface area contributed by atoms with Crippen molar-refractivity contribution in [3.63, 3.8) is 0 Å². The molecule has 0 fully saturated rings. The summed E-state index contributed by atoms with van der Waals surface area (Å²) in [6.45, 7) is 4.67. The van der Waals surface area contributed by atoms with Gasteiger partial charge in [0, 0.05) is 0 Å². The van der Waals surface area contributed by atoms with Crippen molar-refractivity contribution >= 4 is 11.6 Å². The maximum Gasteiger partial charge on any atom is 0.0920 e. The molecule has 2 heteroatoms. The molecule has 0 aromatic carbocycles. The lowest BCUT2D eigenvalue weighted by Crippen LogP contribution is -2.41. The molecule has 0 aromatic heterocycles. The Hall–Kier alpha value is 0.250. The first-order valence-electron chi connectivity index (χ1n) is 10.0. The molecule has 0 rings (SSSR count). The van der Waals surface area contributed by atoms with Crippen LogP contribution in [0.4, 0.5) is 0 Å². The first-order valence-corrected chi connectivity index (χ1v) is 10.5. The van der Waals surface area contributed by atoms with Gasteiger partial charge in [0.15, 0.2) is 0 Å². The molecule has 0 saturated heterocycles. The van der Waals surface area contributed by atoms with Gasteiger partial charge in [-0.1, -0.05) is 84.0 Å². The fourth-order valence-electron chi connectivity index (χ4n) is 3.07. The molecular weight excluding hydrogens is 290 g/mol. The highest BCUT2D eigenvalue weighted by atomic mass is 35.5. The topological polar surface area (TPSA) is 0 Å². The molecule has 0 aliphatic carbocycles. The fourth-order valence-corrected chi connectivity index (χ4v) is 3.53. The highest BCUT2D eigenvalue weighted by Crippen LogP contribution is 2.13. The summed E-state index contributed by atoms with van der Waals surface area (Å²) in [5.74, 6) is 0.783. The van der Waals surface area contributed by atoms with Crippen LogP contribution in [0.2, 0.25) is 0 Å². The Morgan fingerprint density at radius 1 is 0.545 bits per heavy atom. The minimum atomic E-state index is 0.783. The number of rotatable bonds is 17. The SMILES string of the molecule is CCCCCCCCCCCCCCCC[N+](C)(C)CCCl. The number of hydrogen-bond donors (Lipinski definition) is 0. The summed E-state index contributed by atoms with van der Waals surface area (Å²) in [6.07, 6.45) is 20.1. The van der Waals surface area contributed by atoms with Crippen LogP contribution in [-0.4, -0.2) is 37.5 Å². The van der Waals surface area contributed by atoms with E-state index in [1.807, 2.05) is 0 Å². The summed E-state index contributed by atoms with van der Waals surface area (Å²) in [5, 5.41) is 0. The zero-order valence-electron chi connectivity index (χ0n) is 15.8. The number of nitrogens with zero attached hydrogens (tertiary/aromatic N) is 1. The van der Waals surface area contributed by atoms with Gasteiger partial charge in [-0.2, -0.15) is 0 Å². The average Bonchev–Trinajstić information content (AvgIpc) is 2.47. The highest BCUT2D eigenvalue weighted by molar-refractivity contribution is 6.17. The molecule has 0 heterocycles. The van der Waals surface area contributed by atoms with E-state index in [1.54, 1.807) is 0 Å². The van der Waals surface area contributed by atoms with Crippen molar-refractivity contribution in [2.75, 3.05) is 33.1 Å². The third-order valence-corrected chi connectivity index (χ3v) is 4.98. The van der Waals surface area contributed by atoms with E-state index in [2.05, 4.69) is 21.0 Å². The van der Waals surface area contributed by atoms with Crippen LogP contribution in [-0.2, 0) is 0 Å². The second-order valence-corrected chi connectivity index (χ2v) is 8.05. The van der Waals surface area contributed by atoms with Gasteiger partial charge >= 0.3 is 0 Å². The van der Waals surface area contributed by atoms with Crippen molar-refractivity contribution in [1.82, 2.24) is 0 Å². The standard InChI is InChI=1S/C20H43ClN/c1-4-5-6-7-8-9-10-11-12-13-14-15-16-17-19-22(2,3)20-18-21/h4-20H2,1-3H3/q+1. The molecule has 0 unspecified atom stereocenters. The Bertz CT molecular complexity index is 216. The molecule has 0 aliphatic rings. The van der Waals surface area contributed by atoms with Gasteiger partial charge in [0.2, 0.25) is 0 Å². The first-order chi connectivity index (χ1) is 10.6. The summed E-state index contributed by atoms with van der Waals surface area (Å²) in [5.41, 5.74) is 0. The van der Waals surface area contributed by atoms with E-state index in [4.69, 9.17) is 11.6 Å². The predicted molar refractivity (Wildman–Crippen MR) is 103 cm³/mol. The van der Waals surface area contributed by atoms with Gasteiger partial charge in [-0.3, -0.25) is 0 Å². The second kappa shape index (κ2) is 16.1. The van der Waals surface area contributed by atoms with Crippen LogP contribution >= 0.6 is 11.6 Å². The molecule has 0 atom stereocenters. The van der Waals surface area contributed by atoms with Crippen molar-refractivity contribution in [3.8, 4) is 0 Å². The minimum absolute atomic E-state index is 0.783. The van der Waals surface area contributed by atoms with E-state index in [0.29, 0.717) is 0 Å². The van der Waals surface area contributed by atoms with E-state index in [9.17, 15) is 0 Å². The van der Waals surface area contributed by atoms with Crippen LogP contribution in [0.25, 0.3) is 0 Å². The molecule has 0 N–H and O–H groups in total. The molecule has 0 aromatic rings. The lowest BCUT2D eigenvalue weighted by Gasteiger charge is -2.28. The highest BCUT2D eigenvalue weighted by Gasteiger charge is 2.12. The summed E-state index contributed by atoms with van der Waals surface area (Å²) in [6, 6.07) is 0. The average molecular weight is 333 g/mol. The van der Waals surface area contributed by atoms with Gasteiger partial charge in [0.1, 0.15) is 0 Å². The molecule has 0 bridgehead atoms. The molecule has 1 nitrogen and oxygen atoms in total. The third-order valence-electron chi connectivity index (χ3n) is 4.81. The first kappa shape index (κ1) is 22.2. The molecule has 22 heavy (non-hydrogen) atoms. The smallest absolute Gasteiger partial charge is 0.0920 e. The normalized spacial score (nSPS) is 12.0. The van der Waals surface area contributed by atoms with E-state index in [-0.39, 0.29) is 0 Å². The van der Waals surface area contributed by atoms with Gasteiger partial charge in [-0.25, -0.2) is 0 Å². The lowest BCUT2D eigenvalue weighted by atomic mass is 10.0. The van der Waals surface area contributed by atoms with Crippen molar-refractivity contribution in [3.05, 3.63) is 0 Å². The molecule has 0 aliphatic heterocycles. The number of quaternary nitrogens is 1. The van der Waals surface area contributed by atoms with Gasteiger partial charge < -0.3 is 4.48 Å². The zero-order chi connectivity index (χ0) is 16.5. The van der Waals surface area contributed by atoms with Gasteiger partial charge in [0.25, 0.3) is 0 Å². The Balaban J connectivity index is 3.11. The van der Waals surface area contributed by atoms with Crippen molar-refractivity contribution in [2.24, 2.45) is 0 Å². The Labute approximate surface area is 146 Å². The van der Waals surface area contributed by atoms with Crippen LogP contribution in [0.15, 0.2) is 0 Å². The van der Waals surface area contributed by atoms with Crippen LogP contribution in [0.3, 0.4) is 0 Å². The number of hydrogen-bond acceptors (Lipinski definition) is 0.